The maximum Gasteiger partial charge on any atom is 0.410 e. The van der Waals surface area contributed by atoms with Gasteiger partial charge in [-0.15, -0.1) is 0 Å². The molecule has 0 saturated carbocycles. The monoisotopic (exact) mass is 303 g/mol. The molecule has 1 heterocycles. The first-order valence-electron chi connectivity index (χ1n) is 7.37. The minimum Gasteiger partial charge on any atom is -0.444 e. The first-order valence-corrected chi connectivity index (χ1v) is 8.76. The van der Waals surface area contributed by atoms with Crippen LogP contribution in [0.4, 0.5) is 4.79 Å². The minimum atomic E-state index is -0.440. The van der Waals surface area contributed by atoms with Gasteiger partial charge in [-0.1, -0.05) is 0 Å². The van der Waals surface area contributed by atoms with Gasteiger partial charge >= 0.3 is 6.09 Å². The third-order valence-corrected chi connectivity index (χ3v) is 3.95. The molecule has 4 nitrogen and oxygen atoms in total. The van der Waals surface area contributed by atoms with E-state index in [1.807, 2.05) is 32.5 Å². The summed E-state index contributed by atoms with van der Waals surface area (Å²) in [6, 6.07) is 0. The fourth-order valence-corrected chi connectivity index (χ4v) is 2.73. The summed E-state index contributed by atoms with van der Waals surface area (Å²) >= 11 is 1.83. The van der Waals surface area contributed by atoms with Crippen molar-refractivity contribution >= 4 is 17.9 Å². The zero-order chi connectivity index (χ0) is 15.2. The Labute approximate surface area is 127 Å². The zero-order valence-electron chi connectivity index (χ0n) is 13.5. The first kappa shape index (κ1) is 17.6. The molecule has 1 amide bonds. The van der Waals surface area contributed by atoms with Gasteiger partial charge in [-0.3, -0.25) is 0 Å². The van der Waals surface area contributed by atoms with Crippen LogP contribution in [0.3, 0.4) is 0 Å². The van der Waals surface area contributed by atoms with Crippen LogP contribution in [0.25, 0.3) is 0 Å². The van der Waals surface area contributed by atoms with Crippen molar-refractivity contribution in [2.75, 3.05) is 31.7 Å². The fraction of sp³-hybridized carbons (Fsp3) is 0.933. The number of carbonyl (C=O) groups is 1. The highest BCUT2D eigenvalue weighted by Crippen LogP contribution is 2.26. The average molecular weight is 303 g/mol. The fourth-order valence-electron chi connectivity index (χ4n) is 2.33. The lowest BCUT2D eigenvalue weighted by Gasteiger charge is -2.40. The molecule has 0 aromatic heterocycles. The number of amides is 1. The van der Waals surface area contributed by atoms with Crippen LogP contribution in [0.15, 0.2) is 0 Å². The summed E-state index contributed by atoms with van der Waals surface area (Å²) in [6.07, 6.45) is 4.91. The van der Waals surface area contributed by atoms with Gasteiger partial charge in [0.15, 0.2) is 0 Å². The Kier molecular flexibility index (Phi) is 6.65. The molecule has 1 rings (SSSR count). The van der Waals surface area contributed by atoms with E-state index in [1.54, 1.807) is 4.90 Å². The van der Waals surface area contributed by atoms with Crippen LogP contribution in [-0.4, -0.2) is 53.9 Å². The van der Waals surface area contributed by atoms with Crippen LogP contribution in [0.2, 0.25) is 0 Å². The number of carbonyl (C=O) groups excluding carboxylic acids is 1. The molecule has 0 bridgehead atoms. The highest BCUT2D eigenvalue weighted by atomic mass is 32.2. The topological polar surface area (TPSA) is 38.8 Å². The lowest BCUT2D eigenvalue weighted by atomic mass is 9.95. The third kappa shape index (κ3) is 6.35. The van der Waals surface area contributed by atoms with Crippen molar-refractivity contribution in [3.63, 3.8) is 0 Å². The van der Waals surface area contributed by atoms with Crippen LogP contribution >= 0.6 is 11.8 Å². The van der Waals surface area contributed by atoms with Crippen molar-refractivity contribution < 1.29 is 14.3 Å². The maximum atomic E-state index is 12.1. The van der Waals surface area contributed by atoms with Gasteiger partial charge in [0.05, 0.1) is 12.1 Å². The van der Waals surface area contributed by atoms with E-state index in [9.17, 15) is 4.79 Å². The molecule has 1 saturated heterocycles. The van der Waals surface area contributed by atoms with Gasteiger partial charge in [0.2, 0.25) is 0 Å². The summed E-state index contributed by atoms with van der Waals surface area (Å²) in [7, 11) is 0. The maximum absolute atomic E-state index is 12.1. The van der Waals surface area contributed by atoms with E-state index < -0.39 is 5.60 Å². The van der Waals surface area contributed by atoms with E-state index in [0.29, 0.717) is 6.54 Å². The van der Waals surface area contributed by atoms with Crippen molar-refractivity contribution in [1.29, 1.82) is 0 Å². The lowest BCUT2D eigenvalue weighted by Crippen LogP contribution is -2.51. The average Bonchev–Trinajstić information content (AvgIpc) is 2.33. The van der Waals surface area contributed by atoms with Gasteiger partial charge in [0, 0.05) is 13.2 Å². The summed E-state index contributed by atoms with van der Waals surface area (Å²) in [4.78, 5) is 13.9. The largest absolute Gasteiger partial charge is 0.444 e. The number of thioether (sulfide) groups is 1. The second-order valence-electron chi connectivity index (χ2n) is 6.65. The summed E-state index contributed by atoms with van der Waals surface area (Å²) in [5, 5.41) is 0. The molecule has 0 aromatic carbocycles. The van der Waals surface area contributed by atoms with Crippen molar-refractivity contribution in [2.45, 2.75) is 58.2 Å². The van der Waals surface area contributed by atoms with Crippen LogP contribution in [0, 0.1) is 0 Å². The van der Waals surface area contributed by atoms with Gasteiger partial charge in [-0.2, -0.15) is 11.8 Å². The van der Waals surface area contributed by atoms with Crippen molar-refractivity contribution in [3.05, 3.63) is 0 Å². The number of rotatable bonds is 5. The second kappa shape index (κ2) is 7.55. The van der Waals surface area contributed by atoms with E-state index in [-0.39, 0.29) is 11.7 Å². The smallest absolute Gasteiger partial charge is 0.410 e. The number of hydrogen-bond acceptors (Lipinski definition) is 4. The van der Waals surface area contributed by atoms with Gasteiger partial charge in [0.1, 0.15) is 5.60 Å². The molecule has 0 spiro atoms. The second-order valence-corrected chi connectivity index (χ2v) is 7.64. The van der Waals surface area contributed by atoms with E-state index in [2.05, 4.69) is 13.2 Å². The highest BCUT2D eigenvalue weighted by Gasteiger charge is 2.35. The Morgan fingerprint density at radius 3 is 2.70 bits per heavy atom. The number of ether oxygens (including phenoxy) is 2. The van der Waals surface area contributed by atoms with Gasteiger partial charge in [0.25, 0.3) is 0 Å². The minimum absolute atomic E-state index is 0.226. The molecule has 20 heavy (non-hydrogen) atoms. The van der Waals surface area contributed by atoms with Crippen molar-refractivity contribution in [2.24, 2.45) is 0 Å². The Balaban J connectivity index is 2.46. The van der Waals surface area contributed by atoms with Crippen LogP contribution in [0.1, 0.15) is 47.0 Å². The molecular formula is C15H29NO3S. The highest BCUT2D eigenvalue weighted by molar-refractivity contribution is 7.98. The van der Waals surface area contributed by atoms with Crippen molar-refractivity contribution in [1.82, 2.24) is 4.90 Å². The van der Waals surface area contributed by atoms with Crippen LogP contribution < -0.4 is 0 Å². The van der Waals surface area contributed by atoms with Gasteiger partial charge in [-0.05, 0) is 59.0 Å². The first-order chi connectivity index (χ1) is 9.26. The molecule has 1 aliphatic heterocycles. The molecule has 118 valence electrons. The number of nitrogens with zero attached hydrogens (tertiary/aromatic N) is 1. The van der Waals surface area contributed by atoms with Gasteiger partial charge < -0.3 is 14.4 Å². The molecule has 1 fully saturated rings. The molecule has 0 aliphatic carbocycles. The molecular weight excluding hydrogens is 274 g/mol. The molecule has 0 radical (unpaired) electrons. The molecule has 0 aromatic rings. The van der Waals surface area contributed by atoms with Gasteiger partial charge in [-0.25, -0.2) is 4.79 Å². The molecule has 1 atom stereocenters. The molecule has 1 unspecified atom stereocenters. The normalized spacial score (nSPS) is 23.8. The third-order valence-electron chi connectivity index (χ3n) is 3.25. The summed E-state index contributed by atoms with van der Waals surface area (Å²) in [5.41, 5.74) is -0.669. The predicted octanol–water partition coefficient (Wildman–Crippen LogP) is 3.55. The van der Waals surface area contributed by atoms with E-state index in [1.165, 1.54) is 0 Å². The number of likely N-dealkylation sites (tertiary alicyclic amines) is 1. The van der Waals surface area contributed by atoms with Crippen LogP contribution in [0.5, 0.6) is 0 Å². The molecule has 5 heteroatoms. The van der Waals surface area contributed by atoms with Crippen LogP contribution in [-0.2, 0) is 9.47 Å². The number of hydrogen-bond donors (Lipinski definition) is 0. The van der Waals surface area contributed by atoms with Crippen molar-refractivity contribution in [3.8, 4) is 0 Å². The lowest BCUT2D eigenvalue weighted by molar-refractivity contribution is -0.0793. The Bertz CT molecular complexity index is 317. The van der Waals surface area contributed by atoms with E-state index in [0.717, 1.165) is 38.2 Å². The molecule has 0 N–H and O–H groups in total. The summed E-state index contributed by atoms with van der Waals surface area (Å²) in [6.45, 7) is 9.94. The quantitative estimate of drug-likeness (QED) is 0.728. The Morgan fingerprint density at radius 1 is 1.40 bits per heavy atom. The standard InChI is InChI=1S/C15H29NO3S/c1-14(2,3)19-13(17)16-9-6-8-15(4,12-16)18-10-7-11-20-5/h6-12H2,1-5H3. The van der Waals surface area contributed by atoms with E-state index in [4.69, 9.17) is 9.47 Å². The SMILES string of the molecule is CSCCCOC1(C)CCCN(C(=O)OC(C)(C)C)C1. The predicted molar refractivity (Wildman–Crippen MR) is 84.4 cm³/mol. The zero-order valence-corrected chi connectivity index (χ0v) is 14.3. The Morgan fingerprint density at radius 2 is 2.10 bits per heavy atom. The van der Waals surface area contributed by atoms with E-state index >= 15 is 0 Å². The Hall–Kier alpha value is -0.420. The number of piperidine rings is 1. The summed E-state index contributed by atoms with van der Waals surface area (Å²) < 4.78 is 11.5. The molecule has 1 aliphatic rings. The summed E-state index contributed by atoms with van der Waals surface area (Å²) in [5.74, 6) is 1.12.